The third-order valence-corrected chi connectivity index (χ3v) is 9.22. The number of carbonyl (C=O) groups is 2. The van der Waals surface area contributed by atoms with Crippen molar-refractivity contribution in [1.82, 2.24) is 16.0 Å². The van der Waals surface area contributed by atoms with E-state index >= 15 is 0 Å². The number of unbranched alkanes of at least 4 members (excludes halogenated alkanes) is 1. The SMILES string of the molecule is C/C(=C\COP(=O)(O)OP(=O)(O)O)CC/C=C(\C)CNC(=O)CCCC[C@@H]1SC[C@@H]2NC(=O)N[C@@H]21. The Labute approximate surface area is 209 Å². The first-order valence-corrected chi connectivity index (χ1v) is 15.4. The number of hydrogen-bond acceptors (Lipinski definition) is 7. The lowest BCUT2D eigenvalue weighted by molar-refractivity contribution is -0.121. The van der Waals surface area contributed by atoms with Gasteiger partial charge in [0.2, 0.25) is 5.91 Å². The lowest BCUT2D eigenvalue weighted by Crippen LogP contribution is -2.36. The van der Waals surface area contributed by atoms with E-state index in [1.807, 2.05) is 24.8 Å². The van der Waals surface area contributed by atoms with Crippen LogP contribution in [0.25, 0.3) is 0 Å². The summed E-state index contributed by atoms with van der Waals surface area (Å²) in [6.45, 7) is 3.84. The molecule has 2 fully saturated rings. The van der Waals surface area contributed by atoms with Gasteiger partial charge in [0.15, 0.2) is 0 Å². The number of carbonyl (C=O) groups excluding carboxylic acids is 2. The molecule has 4 atom stereocenters. The van der Waals surface area contributed by atoms with Crippen LogP contribution in [-0.4, -0.2) is 62.9 Å². The van der Waals surface area contributed by atoms with Crippen LogP contribution in [0, 0.1) is 0 Å². The Kier molecular flexibility index (Phi) is 12.0. The summed E-state index contributed by atoms with van der Waals surface area (Å²) >= 11 is 1.87. The molecule has 0 bridgehead atoms. The molecule has 0 aromatic rings. The standard InChI is InChI=1S/C20H35N3O9P2S/c1-14(10-11-31-34(29,30)32-33(26,27)28)6-5-7-15(2)12-21-18(24)9-4-3-8-17-19-16(13-35-17)22-20(25)23-19/h7,10,16-17,19H,3-6,8-9,11-13H2,1-2H3,(H,21,24)(H,29,30)(H2,22,23,25)(H2,26,27,28)/b14-10+,15-7+/t16-,17-,19-/m0/s1. The molecule has 0 aromatic heterocycles. The Hall–Kier alpha value is -1.17. The van der Waals surface area contributed by atoms with Gasteiger partial charge in [0.05, 0.1) is 18.7 Å². The predicted octanol–water partition coefficient (Wildman–Crippen LogP) is 2.73. The van der Waals surface area contributed by atoms with Crippen molar-refractivity contribution in [2.24, 2.45) is 0 Å². The van der Waals surface area contributed by atoms with Crippen molar-refractivity contribution in [2.75, 3.05) is 18.9 Å². The summed E-state index contributed by atoms with van der Waals surface area (Å²) < 4.78 is 30.2. The molecule has 0 aliphatic carbocycles. The fourth-order valence-electron chi connectivity index (χ4n) is 3.75. The highest BCUT2D eigenvalue weighted by Crippen LogP contribution is 2.57. The van der Waals surface area contributed by atoms with Gasteiger partial charge in [0.25, 0.3) is 0 Å². The van der Waals surface area contributed by atoms with E-state index in [9.17, 15) is 23.6 Å². The van der Waals surface area contributed by atoms with Crippen molar-refractivity contribution >= 4 is 39.3 Å². The van der Waals surface area contributed by atoms with E-state index in [4.69, 9.17) is 9.79 Å². The molecule has 35 heavy (non-hydrogen) atoms. The summed E-state index contributed by atoms with van der Waals surface area (Å²) in [6, 6.07) is 0.327. The zero-order chi connectivity index (χ0) is 26.1. The first-order valence-electron chi connectivity index (χ1n) is 11.4. The van der Waals surface area contributed by atoms with Gasteiger partial charge >= 0.3 is 21.7 Å². The van der Waals surface area contributed by atoms with Gasteiger partial charge in [-0.05, 0) is 39.5 Å². The molecular weight excluding hydrogens is 520 g/mol. The molecule has 0 aromatic carbocycles. The molecule has 2 aliphatic heterocycles. The number of allylic oxidation sites excluding steroid dienone is 2. The Balaban J connectivity index is 1.55. The van der Waals surface area contributed by atoms with Crippen LogP contribution < -0.4 is 16.0 Å². The monoisotopic (exact) mass is 555 g/mol. The van der Waals surface area contributed by atoms with Crippen molar-refractivity contribution < 1.29 is 42.2 Å². The van der Waals surface area contributed by atoms with Gasteiger partial charge in [-0.15, -0.1) is 0 Å². The predicted molar refractivity (Wildman–Crippen MR) is 133 cm³/mol. The average molecular weight is 556 g/mol. The molecule has 1 unspecified atom stereocenters. The molecular formula is C20H35N3O9P2S. The largest absolute Gasteiger partial charge is 0.481 e. The molecule has 2 aliphatic rings. The maximum atomic E-state index is 12.1. The summed E-state index contributed by atoms with van der Waals surface area (Å²) in [5.41, 5.74) is 1.86. The second-order valence-corrected chi connectivity index (χ2v) is 12.7. The molecule has 2 heterocycles. The second kappa shape index (κ2) is 13.9. The van der Waals surface area contributed by atoms with Crippen LogP contribution in [0.15, 0.2) is 23.3 Å². The number of phosphoric acid groups is 2. The molecule has 2 saturated heterocycles. The van der Waals surface area contributed by atoms with E-state index in [1.165, 1.54) is 6.08 Å². The normalized spacial score (nSPS) is 24.5. The van der Waals surface area contributed by atoms with Gasteiger partial charge in [0.1, 0.15) is 0 Å². The van der Waals surface area contributed by atoms with Gasteiger partial charge in [-0.1, -0.05) is 29.7 Å². The Morgan fingerprint density at radius 1 is 1.14 bits per heavy atom. The molecule has 15 heteroatoms. The topological polar surface area (TPSA) is 184 Å². The van der Waals surface area contributed by atoms with E-state index in [0.29, 0.717) is 31.1 Å². The fraction of sp³-hybridized carbons (Fsp3) is 0.700. The van der Waals surface area contributed by atoms with Crippen LogP contribution in [-0.2, 0) is 22.8 Å². The zero-order valence-electron chi connectivity index (χ0n) is 19.8. The van der Waals surface area contributed by atoms with Crippen LogP contribution in [0.2, 0.25) is 0 Å². The number of amides is 3. The van der Waals surface area contributed by atoms with Crippen LogP contribution >= 0.6 is 27.4 Å². The minimum Gasteiger partial charge on any atom is -0.352 e. The van der Waals surface area contributed by atoms with Crippen LogP contribution in [0.5, 0.6) is 0 Å². The van der Waals surface area contributed by atoms with Gasteiger partial charge in [-0.25, -0.2) is 13.9 Å². The molecule has 12 nitrogen and oxygen atoms in total. The summed E-state index contributed by atoms with van der Waals surface area (Å²) in [7, 11) is -9.96. The molecule has 0 saturated carbocycles. The minimum absolute atomic E-state index is 0.00437. The Morgan fingerprint density at radius 3 is 2.60 bits per heavy atom. The average Bonchev–Trinajstić information content (AvgIpc) is 3.27. The molecule has 6 N–H and O–H groups in total. The number of urea groups is 1. The molecule has 2 rings (SSSR count). The fourth-order valence-corrected chi connectivity index (χ4v) is 6.82. The van der Waals surface area contributed by atoms with E-state index in [1.54, 1.807) is 6.92 Å². The van der Waals surface area contributed by atoms with Gasteiger partial charge in [-0.2, -0.15) is 16.1 Å². The van der Waals surface area contributed by atoms with Gasteiger partial charge < -0.3 is 30.6 Å². The smallest absolute Gasteiger partial charge is 0.352 e. The second-order valence-electron chi connectivity index (χ2n) is 8.62. The lowest BCUT2D eigenvalue weighted by Gasteiger charge is -2.16. The van der Waals surface area contributed by atoms with Crippen LogP contribution in [0.1, 0.15) is 52.4 Å². The summed E-state index contributed by atoms with van der Waals surface area (Å²) in [5.74, 6) is 0.937. The van der Waals surface area contributed by atoms with Crippen molar-refractivity contribution in [3.63, 3.8) is 0 Å². The van der Waals surface area contributed by atoms with Crippen molar-refractivity contribution in [3.05, 3.63) is 23.3 Å². The van der Waals surface area contributed by atoms with Gasteiger partial charge in [0, 0.05) is 24.0 Å². The van der Waals surface area contributed by atoms with Crippen LogP contribution in [0.3, 0.4) is 0 Å². The molecule has 0 radical (unpaired) electrons. The highest BCUT2D eigenvalue weighted by atomic mass is 32.2. The number of fused-ring (bicyclic) bond motifs is 1. The molecule has 200 valence electrons. The zero-order valence-corrected chi connectivity index (χ0v) is 22.4. The summed E-state index contributed by atoms with van der Waals surface area (Å²) in [4.78, 5) is 49.8. The molecule has 3 amide bonds. The number of thioether (sulfide) groups is 1. The quantitative estimate of drug-likeness (QED) is 0.0760. The first kappa shape index (κ1) is 30.1. The first-order chi connectivity index (χ1) is 16.3. The number of rotatable bonds is 15. The van der Waals surface area contributed by atoms with E-state index in [0.717, 1.165) is 36.2 Å². The van der Waals surface area contributed by atoms with Crippen LogP contribution in [0.4, 0.5) is 4.79 Å². The third kappa shape index (κ3) is 12.1. The number of nitrogens with one attached hydrogen (secondary N) is 3. The van der Waals surface area contributed by atoms with E-state index in [2.05, 4.69) is 24.8 Å². The Bertz CT molecular complexity index is 908. The number of hydrogen-bond donors (Lipinski definition) is 6. The van der Waals surface area contributed by atoms with Crippen molar-refractivity contribution in [2.45, 2.75) is 69.7 Å². The van der Waals surface area contributed by atoms with Crippen molar-refractivity contribution in [3.8, 4) is 0 Å². The lowest BCUT2D eigenvalue weighted by atomic mass is 10.0. The number of phosphoric ester groups is 1. The van der Waals surface area contributed by atoms with E-state index in [-0.39, 0.29) is 30.6 Å². The van der Waals surface area contributed by atoms with E-state index < -0.39 is 15.6 Å². The van der Waals surface area contributed by atoms with Crippen molar-refractivity contribution in [1.29, 1.82) is 0 Å². The summed E-state index contributed by atoms with van der Waals surface area (Å²) in [5, 5.41) is 9.21. The minimum atomic E-state index is -5.12. The Morgan fingerprint density at radius 2 is 1.89 bits per heavy atom. The maximum Gasteiger partial charge on any atom is 0.481 e. The highest BCUT2D eigenvalue weighted by molar-refractivity contribution is 8.00. The highest BCUT2D eigenvalue weighted by Gasteiger charge is 2.42. The van der Waals surface area contributed by atoms with Gasteiger partial charge in [-0.3, -0.25) is 9.32 Å². The summed E-state index contributed by atoms with van der Waals surface area (Å²) in [6.07, 6.45) is 8.02. The molecule has 0 spiro atoms. The maximum absolute atomic E-state index is 12.1. The third-order valence-electron chi connectivity index (χ3n) is 5.56.